The Bertz CT molecular complexity index is 995. The monoisotopic (exact) mass is 427 g/mol. The third kappa shape index (κ3) is 4.23. The number of nitrogens with zero attached hydrogens (tertiary/aromatic N) is 3. The molecule has 0 saturated carbocycles. The number of nitrogens with one attached hydrogen (secondary N) is 2. The van der Waals surface area contributed by atoms with E-state index in [1.54, 1.807) is 28.0 Å². The number of rotatable bonds is 4. The van der Waals surface area contributed by atoms with Crippen LogP contribution in [0.4, 0.5) is 11.5 Å². The van der Waals surface area contributed by atoms with E-state index in [9.17, 15) is 14.4 Å². The average molecular weight is 428 g/mol. The first-order valence-electron chi connectivity index (χ1n) is 9.76. The highest BCUT2D eigenvalue weighted by atomic mass is 35.5. The molecule has 9 heteroatoms. The summed E-state index contributed by atoms with van der Waals surface area (Å²) >= 11 is 5.95. The molecule has 0 radical (unpaired) electrons. The van der Waals surface area contributed by atoms with Gasteiger partial charge in [-0.15, -0.1) is 0 Å². The summed E-state index contributed by atoms with van der Waals surface area (Å²) in [6.07, 6.45) is 2.24. The van der Waals surface area contributed by atoms with Crippen molar-refractivity contribution >= 4 is 40.8 Å². The van der Waals surface area contributed by atoms with E-state index in [4.69, 9.17) is 11.6 Å². The summed E-state index contributed by atoms with van der Waals surface area (Å²) in [6.45, 7) is 2.99. The Morgan fingerprint density at radius 1 is 1.30 bits per heavy atom. The summed E-state index contributed by atoms with van der Waals surface area (Å²) in [6, 6.07) is 8.96. The molecular weight excluding hydrogens is 406 g/mol. The van der Waals surface area contributed by atoms with Gasteiger partial charge in [-0.1, -0.05) is 23.7 Å². The Morgan fingerprint density at radius 3 is 2.80 bits per heavy atom. The molecule has 3 amide bonds. The van der Waals surface area contributed by atoms with Crippen LogP contribution in [0.1, 0.15) is 29.3 Å². The number of halogens is 1. The van der Waals surface area contributed by atoms with Crippen LogP contribution in [0.15, 0.2) is 36.5 Å². The standard InChI is InChI=1S/C21H22ClN5O3/c1-13(28)25-17-6-7-26(12-17)21(30)15-8-18-20(23-9-15)24-10-19(29)27(18)11-14-2-4-16(22)5-3-14/h2-5,8-9,17H,6-7,10-12H2,1H3,(H,23,24)(H,25,28). The topological polar surface area (TPSA) is 94.6 Å². The van der Waals surface area contributed by atoms with Gasteiger partial charge in [0.25, 0.3) is 5.91 Å². The van der Waals surface area contributed by atoms with Crippen LogP contribution in [0.5, 0.6) is 0 Å². The molecule has 1 aromatic carbocycles. The number of likely N-dealkylation sites (tertiary alicyclic amines) is 1. The number of carbonyl (C=O) groups is 3. The quantitative estimate of drug-likeness (QED) is 0.778. The number of benzene rings is 1. The lowest BCUT2D eigenvalue weighted by atomic mass is 10.1. The van der Waals surface area contributed by atoms with Crippen LogP contribution < -0.4 is 15.5 Å². The van der Waals surface area contributed by atoms with Crippen LogP contribution in [0.2, 0.25) is 5.02 Å². The van der Waals surface area contributed by atoms with Gasteiger partial charge in [-0.25, -0.2) is 4.98 Å². The fourth-order valence-corrected chi connectivity index (χ4v) is 3.91. The predicted molar refractivity (Wildman–Crippen MR) is 113 cm³/mol. The number of hydrogen-bond acceptors (Lipinski definition) is 5. The number of aromatic nitrogens is 1. The molecule has 0 aliphatic carbocycles. The van der Waals surface area contributed by atoms with Gasteiger partial charge in [-0.2, -0.15) is 0 Å². The summed E-state index contributed by atoms with van der Waals surface area (Å²) in [5.74, 6) is 0.197. The SMILES string of the molecule is CC(=O)NC1CCN(C(=O)c2cnc3c(c2)N(Cc2ccc(Cl)cc2)C(=O)CN3)C1. The van der Waals surface area contributed by atoms with Crippen molar-refractivity contribution in [1.82, 2.24) is 15.2 Å². The number of pyridine rings is 1. The van der Waals surface area contributed by atoms with Crippen molar-refractivity contribution in [2.75, 3.05) is 29.9 Å². The second kappa shape index (κ2) is 8.31. The van der Waals surface area contributed by atoms with Gasteiger partial charge >= 0.3 is 0 Å². The van der Waals surface area contributed by atoms with Crippen LogP contribution >= 0.6 is 11.6 Å². The number of amides is 3. The Labute approximate surface area is 179 Å². The minimum Gasteiger partial charge on any atom is -0.359 e. The van der Waals surface area contributed by atoms with Crippen molar-refractivity contribution in [2.45, 2.75) is 25.9 Å². The lowest BCUT2D eigenvalue weighted by Gasteiger charge is -2.30. The van der Waals surface area contributed by atoms with Gasteiger partial charge in [0.1, 0.15) is 0 Å². The fourth-order valence-electron chi connectivity index (χ4n) is 3.78. The molecule has 2 aromatic rings. The van der Waals surface area contributed by atoms with E-state index in [0.717, 1.165) is 5.56 Å². The molecule has 2 N–H and O–H groups in total. The molecule has 0 spiro atoms. The average Bonchev–Trinajstić information content (AvgIpc) is 3.18. The largest absolute Gasteiger partial charge is 0.359 e. The van der Waals surface area contributed by atoms with Crippen molar-refractivity contribution in [3.63, 3.8) is 0 Å². The third-order valence-corrected chi connectivity index (χ3v) is 5.50. The maximum absolute atomic E-state index is 13.0. The zero-order valence-electron chi connectivity index (χ0n) is 16.5. The van der Waals surface area contributed by atoms with Crippen LogP contribution in [0.3, 0.4) is 0 Å². The van der Waals surface area contributed by atoms with E-state index in [0.29, 0.717) is 48.1 Å². The summed E-state index contributed by atoms with van der Waals surface area (Å²) in [4.78, 5) is 44.5. The number of anilines is 2. The van der Waals surface area contributed by atoms with E-state index in [1.165, 1.54) is 13.1 Å². The smallest absolute Gasteiger partial charge is 0.255 e. The minimum absolute atomic E-state index is 0.0401. The number of carbonyl (C=O) groups excluding carboxylic acids is 3. The first-order valence-corrected chi connectivity index (χ1v) is 10.1. The van der Waals surface area contributed by atoms with Gasteiger partial charge in [0.15, 0.2) is 5.82 Å². The van der Waals surface area contributed by atoms with Gasteiger partial charge < -0.3 is 20.4 Å². The first-order chi connectivity index (χ1) is 14.4. The number of fused-ring (bicyclic) bond motifs is 1. The van der Waals surface area contributed by atoms with Gasteiger partial charge in [-0.05, 0) is 30.2 Å². The maximum Gasteiger partial charge on any atom is 0.255 e. The van der Waals surface area contributed by atoms with Crippen LogP contribution in [-0.4, -0.2) is 53.3 Å². The van der Waals surface area contributed by atoms with E-state index in [2.05, 4.69) is 15.6 Å². The molecule has 0 bridgehead atoms. The summed E-state index contributed by atoms with van der Waals surface area (Å²) in [7, 11) is 0. The molecule has 2 aliphatic rings. The molecule has 4 rings (SSSR count). The minimum atomic E-state index is -0.164. The Hall–Kier alpha value is -3.13. The summed E-state index contributed by atoms with van der Waals surface area (Å²) in [5, 5.41) is 6.49. The van der Waals surface area contributed by atoms with Crippen molar-refractivity contribution in [3.05, 3.63) is 52.7 Å². The lowest BCUT2D eigenvalue weighted by molar-refractivity contribution is -0.119. The Balaban J connectivity index is 1.56. The molecule has 1 atom stereocenters. The van der Waals surface area contributed by atoms with E-state index < -0.39 is 0 Å². The normalized spacial score (nSPS) is 18.1. The molecule has 2 aliphatic heterocycles. The van der Waals surface area contributed by atoms with Crippen molar-refractivity contribution in [2.24, 2.45) is 0 Å². The molecule has 3 heterocycles. The molecule has 1 fully saturated rings. The maximum atomic E-state index is 13.0. The molecule has 156 valence electrons. The molecule has 1 unspecified atom stereocenters. The number of hydrogen-bond donors (Lipinski definition) is 2. The highest BCUT2D eigenvalue weighted by Crippen LogP contribution is 2.30. The van der Waals surface area contributed by atoms with E-state index in [1.807, 2.05) is 12.1 Å². The van der Waals surface area contributed by atoms with Gasteiger partial charge in [0.2, 0.25) is 11.8 Å². The zero-order valence-corrected chi connectivity index (χ0v) is 17.3. The molecule has 1 saturated heterocycles. The van der Waals surface area contributed by atoms with Crippen LogP contribution in [0.25, 0.3) is 0 Å². The predicted octanol–water partition coefficient (Wildman–Crippen LogP) is 2.04. The summed E-state index contributed by atoms with van der Waals surface area (Å²) in [5.41, 5.74) is 1.91. The highest BCUT2D eigenvalue weighted by molar-refractivity contribution is 6.30. The van der Waals surface area contributed by atoms with Crippen molar-refractivity contribution < 1.29 is 14.4 Å². The molecule has 8 nitrogen and oxygen atoms in total. The van der Waals surface area contributed by atoms with E-state index >= 15 is 0 Å². The van der Waals surface area contributed by atoms with Crippen LogP contribution in [0, 0.1) is 0 Å². The lowest BCUT2D eigenvalue weighted by Crippen LogP contribution is -2.40. The van der Waals surface area contributed by atoms with Crippen molar-refractivity contribution in [3.8, 4) is 0 Å². The van der Waals surface area contributed by atoms with Gasteiger partial charge in [0.05, 0.1) is 24.3 Å². The summed E-state index contributed by atoms with van der Waals surface area (Å²) < 4.78 is 0. The first kappa shape index (κ1) is 20.2. The molecular formula is C21H22ClN5O3. The van der Waals surface area contributed by atoms with Crippen molar-refractivity contribution in [1.29, 1.82) is 0 Å². The van der Waals surface area contributed by atoms with Crippen LogP contribution in [-0.2, 0) is 16.1 Å². The highest BCUT2D eigenvalue weighted by Gasteiger charge is 2.30. The third-order valence-electron chi connectivity index (χ3n) is 5.25. The Morgan fingerprint density at radius 2 is 2.07 bits per heavy atom. The second-order valence-corrected chi connectivity index (χ2v) is 7.93. The van der Waals surface area contributed by atoms with Gasteiger partial charge in [0, 0.05) is 37.3 Å². The fraction of sp³-hybridized carbons (Fsp3) is 0.333. The Kier molecular flexibility index (Phi) is 5.59. The van der Waals surface area contributed by atoms with E-state index in [-0.39, 0.29) is 30.3 Å². The van der Waals surface area contributed by atoms with Gasteiger partial charge in [-0.3, -0.25) is 14.4 Å². The molecule has 30 heavy (non-hydrogen) atoms. The molecule has 1 aromatic heterocycles. The second-order valence-electron chi connectivity index (χ2n) is 7.49. The zero-order chi connectivity index (χ0) is 21.3.